The topological polar surface area (TPSA) is 85.4 Å². The first-order valence-corrected chi connectivity index (χ1v) is 11.7. The maximum absolute atomic E-state index is 12.7. The Morgan fingerprint density at radius 3 is 2.44 bits per heavy atom. The molecule has 0 unspecified atom stereocenters. The number of benzene rings is 2. The highest BCUT2D eigenvalue weighted by molar-refractivity contribution is 7.92. The first kappa shape index (κ1) is 23.2. The van der Waals surface area contributed by atoms with E-state index in [0.29, 0.717) is 18.0 Å². The predicted octanol–water partition coefficient (Wildman–Crippen LogP) is 5.17. The minimum Gasteiger partial charge on any atom is -0.462 e. The average molecular weight is 451 g/mol. The highest BCUT2D eigenvalue weighted by Crippen LogP contribution is 2.19. The van der Waals surface area contributed by atoms with E-state index >= 15 is 0 Å². The minimum atomic E-state index is -3.75. The molecule has 0 radical (unpaired) electrons. The Labute approximate surface area is 189 Å². The van der Waals surface area contributed by atoms with Crippen molar-refractivity contribution >= 4 is 34.0 Å². The van der Waals surface area contributed by atoms with Crippen LogP contribution in [0.15, 0.2) is 71.8 Å². The average Bonchev–Trinajstić information content (AvgIpc) is 2.78. The molecule has 0 spiro atoms. The number of hydrogen-bond donors (Lipinski definition) is 1. The van der Waals surface area contributed by atoms with Crippen LogP contribution < -0.4 is 4.72 Å². The number of carbonyl (C=O) groups is 1. The van der Waals surface area contributed by atoms with Gasteiger partial charge >= 0.3 is 5.97 Å². The maximum atomic E-state index is 12.7. The van der Waals surface area contributed by atoms with E-state index in [1.54, 1.807) is 43.3 Å². The second kappa shape index (κ2) is 10.2. The summed E-state index contributed by atoms with van der Waals surface area (Å²) >= 11 is 0. The van der Waals surface area contributed by atoms with Crippen molar-refractivity contribution in [3.8, 4) is 0 Å². The molecule has 1 heterocycles. The second-order valence-electron chi connectivity index (χ2n) is 7.76. The number of aryl methyl sites for hydroxylation is 1. The molecule has 0 saturated heterocycles. The van der Waals surface area contributed by atoms with Gasteiger partial charge in [-0.1, -0.05) is 62.4 Å². The van der Waals surface area contributed by atoms with Gasteiger partial charge in [-0.25, -0.2) is 18.2 Å². The van der Waals surface area contributed by atoms with Crippen LogP contribution in [0.4, 0.5) is 5.82 Å². The van der Waals surface area contributed by atoms with Crippen LogP contribution in [-0.2, 0) is 14.8 Å². The molecule has 7 heteroatoms. The van der Waals surface area contributed by atoms with Gasteiger partial charge in [-0.15, -0.1) is 0 Å². The lowest BCUT2D eigenvalue weighted by molar-refractivity contribution is 0.0458. The Morgan fingerprint density at radius 2 is 1.75 bits per heavy atom. The largest absolute Gasteiger partial charge is 0.462 e. The number of carbonyl (C=O) groups excluding carboxylic acids is 1. The SMILES string of the molecule is Cc1cccnc1NS(=O)(=O)c1ccc(C=Cc2ccccc2C(=O)OCC(C)C)cc1. The molecular weight excluding hydrogens is 424 g/mol. The monoisotopic (exact) mass is 450 g/mol. The van der Waals surface area contributed by atoms with Crippen molar-refractivity contribution in [1.82, 2.24) is 4.98 Å². The number of ether oxygens (including phenoxy) is 1. The Morgan fingerprint density at radius 1 is 1.03 bits per heavy atom. The summed E-state index contributed by atoms with van der Waals surface area (Å²) in [6.07, 6.45) is 5.17. The Kier molecular flexibility index (Phi) is 7.43. The van der Waals surface area contributed by atoms with Gasteiger partial charge in [0.1, 0.15) is 5.82 Å². The number of esters is 1. The normalized spacial score (nSPS) is 11.6. The summed E-state index contributed by atoms with van der Waals surface area (Å²) in [5.74, 6) is 0.196. The summed E-state index contributed by atoms with van der Waals surface area (Å²) < 4.78 is 33.2. The van der Waals surface area contributed by atoms with Crippen molar-refractivity contribution in [2.45, 2.75) is 25.7 Å². The predicted molar refractivity (Wildman–Crippen MR) is 127 cm³/mol. The van der Waals surface area contributed by atoms with E-state index in [-0.39, 0.29) is 16.8 Å². The molecular formula is C25H26N2O4S. The third-order valence-corrected chi connectivity index (χ3v) is 5.97. The number of hydrogen-bond acceptors (Lipinski definition) is 5. The van der Waals surface area contributed by atoms with E-state index in [0.717, 1.165) is 16.7 Å². The molecule has 166 valence electrons. The zero-order chi connectivity index (χ0) is 23.1. The maximum Gasteiger partial charge on any atom is 0.338 e. The summed E-state index contributed by atoms with van der Waals surface area (Å²) in [5, 5.41) is 0. The lowest BCUT2D eigenvalue weighted by atomic mass is 10.1. The zero-order valence-electron chi connectivity index (χ0n) is 18.3. The first-order chi connectivity index (χ1) is 15.3. The smallest absolute Gasteiger partial charge is 0.338 e. The van der Waals surface area contributed by atoms with Crippen molar-refractivity contribution in [3.05, 3.63) is 89.1 Å². The number of pyridine rings is 1. The van der Waals surface area contributed by atoms with Crippen LogP contribution in [0.2, 0.25) is 0 Å². The molecule has 0 amide bonds. The molecule has 1 aromatic heterocycles. The van der Waals surface area contributed by atoms with E-state index in [4.69, 9.17) is 4.74 Å². The lowest BCUT2D eigenvalue weighted by Gasteiger charge is -2.10. The van der Waals surface area contributed by atoms with Gasteiger partial charge in [-0.2, -0.15) is 0 Å². The van der Waals surface area contributed by atoms with Crippen molar-refractivity contribution < 1.29 is 17.9 Å². The van der Waals surface area contributed by atoms with Crippen molar-refractivity contribution in [2.75, 3.05) is 11.3 Å². The van der Waals surface area contributed by atoms with Crippen LogP contribution in [0.1, 0.15) is 40.9 Å². The Balaban J connectivity index is 1.75. The Hall–Kier alpha value is -3.45. The number of aromatic nitrogens is 1. The fourth-order valence-corrected chi connectivity index (χ4v) is 3.95. The van der Waals surface area contributed by atoms with E-state index in [2.05, 4.69) is 9.71 Å². The molecule has 0 atom stereocenters. The van der Waals surface area contributed by atoms with Crippen LogP contribution in [0.5, 0.6) is 0 Å². The Bertz CT molecular complexity index is 1220. The van der Waals surface area contributed by atoms with E-state index < -0.39 is 10.0 Å². The molecule has 32 heavy (non-hydrogen) atoms. The second-order valence-corrected chi connectivity index (χ2v) is 9.44. The number of rotatable bonds is 8. The summed E-state index contributed by atoms with van der Waals surface area (Å²) in [6.45, 7) is 6.11. The van der Waals surface area contributed by atoms with Crippen molar-refractivity contribution in [3.63, 3.8) is 0 Å². The van der Waals surface area contributed by atoms with E-state index in [1.807, 2.05) is 38.1 Å². The molecule has 0 fully saturated rings. The number of anilines is 1. The van der Waals surface area contributed by atoms with Gasteiger partial charge in [0, 0.05) is 6.20 Å². The van der Waals surface area contributed by atoms with Crippen LogP contribution in [-0.4, -0.2) is 26.0 Å². The third-order valence-electron chi connectivity index (χ3n) is 4.61. The minimum absolute atomic E-state index is 0.136. The summed E-state index contributed by atoms with van der Waals surface area (Å²) in [5.41, 5.74) is 2.74. The fraction of sp³-hybridized carbons (Fsp3) is 0.200. The van der Waals surface area contributed by atoms with Gasteiger partial charge in [-0.3, -0.25) is 4.72 Å². The van der Waals surface area contributed by atoms with E-state index in [9.17, 15) is 13.2 Å². The molecule has 3 aromatic rings. The van der Waals surface area contributed by atoms with Crippen molar-refractivity contribution in [1.29, 1.82) is 0 Å². The van der Waals surface area contributed by atoms with Gasteiger partial charge in [0.2, 0.25) is 0 Å². The number of nitrogens with one attached hydrogen (secondary N) is 1. The van der Waals surface area contributed by atoms with E-state index in [1.165, 1.54) is 18.3 Å². The van der Waals surface area contributed by atoms with Crippen LogP contribution in [0, 0.1) is 12.8 Å². The van der Waals surface area contributed by atoms with Gasteiger partial charge < -0.3 is 4.74 Å². The molecule has 0 aliphatic heterocycles. The summed E-state index contributed by atoms with van der Waals surface area (Å²) in [6, 6.07) is 17.2. The molecule has 0 aliphatic rings. The quantitative estimate of drug-likeness (QED) is 0.378. The first-order valence-electron chi connectivity index (χ1n) is 10.2. The zero-order valence-corrected chi connectivity index (χ0v) is 19.1. The number of nitrogens with zero attached hydrogens (tertiary/aromatic N) is 1. The molecule has 2 aromatic carbocycles. The van der Waals surface area contributed by atoms with Crippen molar-refractivity contribution in [2.24, 2.45) is 5.92 Å². The highest BCUT2D eigenvalue weighted by Gasteiger charge is 2.16. The van der Waals surface area contributed by atoms with Gasteiger partial charge in [0.15, 0.2) is 0 Å². The number of sulfonamides is 1. The molecule has 0 saturated carbocycles. The molecule has 0 bridgehead atoms. The van der Waals surface area contributed by atoms with Gasteiger partial charge in [0.05, 0.1) is 17.1 Å². The molecule has 3 rings (SSSR count). The fourth-order valence-electron chi connectivity index (χ4n) is 2.87. The molecule has 1 N–H and O–H groups in total. The highest BCUT2D eigenvalue weighted by atomic mass is 32.2. The van der Waals surface area contributed by atoms with Gasteiger partial charge in [0.25, 0.3) is 10.0 Å². The van der Waals surface area contributed by atoms with Crippen LogP contribution in [0.25, 0.3) is 12.2 Å². The molecule has 6 nitrogen and oxygen atoms in total. The van der Waals surface area contributed by atoms with Crippen LogP contribution in [0.3, 0.4) is 0 Å². The third kappa shape index (κ3) is 6.04. The van der Waals surface area contributed by atoms with Crippen LogP contribution >= 0.6 is 0 Å². The summed E-state index contributed by atoms with van der Waals surface area (Å²) in [4.78, 5) is 16.6. The van der Waals surface area contributed by atoms with Gasteiger partial charge in [-0.05, 0) is 53.8 Å². The molecule has 0 aliphatic carbocycles. The summed E-state index contributed by atoms with van der Waals surface area (Å²) in [7, 11) is -3.75. The standard InChI is InChI=1S/C25H26N2O4S/c1-18(2)17-31-25(28)23-9-5-4-8-21(23)13-10-20-11-14-22(15-12-20)32(29,30)27-24-19(3)7-6-16-26-24/h4-16,18H,17H2,1-3H3,(H,26,27). The lowest BCUT2D eigenvalue weighted by Crippen LogP contribution is -2.14.